The van der Waals surface area contributed by atoms with E-state index < -0.39 is 21.4 Å². The first kappa shape index (κ1) is 18.7. The molecule has 3 heterocycles. The summed E-state index contributed by atoms with van der Waals surface area (Å²) in [7, 11) is -2.48. The van der Waals surface area contributed by atoms with E-state index >= 15 is 0 Å². The van der Waals surface area contributed by atoms with E-state index in [0.717, 1.165) is 0 Å². The molecule has 0 radical (unpaired) electrons. The normalized spacial score (nSPS) is 14.4. The molecule has 10 heteroatoms. The molecule has 2 N–H and O–H groups in total. The summed E-state index contributed by atoms with van der Waals surface area (Å²) in [6.45, 7) is -0.294. The van der Waals surface area contributed by atoms with Crippen LogP contribution in [0.15, 0.2) is 72.8 Å². The number of sulfonamides is 1. The summed E-state index contributed by atoms with van der Waals surface area (Å²) >= 11 is 1.30. The molecule has 1 aromatic carbocycles. The lowest BCUT2D eigenvalue weighted by atomic mass is 9.95. The maximum Gasteiger partial charge on any atom is 0.419 e. The molecule has 0 unspecified atom stereocenters. The number of aryl methyl sites for hydroxylation is 1. The van der Waals surface area contributed by atoms with Gasteiger partial charge < -0.3 is 13.9 Å². The van der Waals surface area contributed by atoms with Crippen molar-refractivity contribution in [2.75, 3.05) is 6.54 Å². The van der Waals surface area contributed by atoms with Crippen molar-refractivity contribution in [2.24, 2.45) is 7.05 Å². The number of furan rings is 1. The Labute approximate surface area is 163 Å². The van der Waals surface area contributed by atoms with Gasteiger partial charge in [-0.05, 0) is 35.7 Å². The molecule has 0 bridgehead atoms. The molecule has 0 amide bonds. The zero-order valence-corrected chi connectivity index (χ0v) is 16.3. The number of hydrogen-bond donors (Lipinski definition) is 2. The van der Waals surface area contributed by atoms with Crippen LogP contribution in [-0.4, -0.2) is 24.6 Å². The standard InChI is InChI=1S/C18H16N2O6S2/c1-20-14-9-13(4-5-15(14)26-17(20)21)28(23,24)19-11-18(22,12-6-7-25-10-12)16-3-2-8-27-16/h2-10,19,22H,11H2,1H3/t18-/m1/s1. The molecule has 4 rings (SSSR count). The van der Waals surface area contributed by atoms with Crippen LogP contribution in [0.1, 0.15) is 10.4 Å². The molecule has 0 saturated heterocycles. The Morgan fingerprint density at radius 2 is 2.11 bits per heavy atom. The fraction of sp³-hybridized carbons (Fsp3) is 0.167. The van der Waals surface area contributed by atoms with Crippen LogP contribution >= 0.6 is 11.3 Å². The van der Waals surface area contributed by atoms with Crippen LogP contribution < -0.4 is 10.5 Å². The molecule has 3 aromatic heterocycles. The third-order valence-corrected chi connectivity index (χ3v) is 6.94. The predicted molar refractivity (Wildman–Crippen MR) is 103 cm³/mol. The zero-order valence-electron chi connectivity index (χ0n) is 14.7. The summed E-state index contributed by atoms with van der Waals surface area (Å²) in [6.07, 6.45) is 2.79. The van der Waals surface area contributed by atoms with Gasteiger partial charge in [-0.15, -0.1) is 11.3 Å². The molecule has 0 aliphatic carbocycles. The molecule has 4 aromatic rings. The second kappa shape index (κ2) is 6.74. The number of aromatic nitrogens is 1. The quantitative estimate of drug-likeness (QED) is 0.493. The highest BCUT2D eigenvalue weighted by Gasteiger charge is 2.35. The molecule has 28 heavy (non-hydrogen) atoms. The molecular weight excluding hydrogens is 404 g/mol. The molecule has 0 fully saturated rings. The molecule has 0 aliphatic heterocycles. The first-order valence-electron chi connectivity index (χ1n) is 8.19. The number of fused-ring (bicyclic) bond motifs is 1. The predicted octanol–water partition coefficient (Wildman–Crippen LogP) is 2.00. The van der Waals surface area contributed by atoms with E-state index in [1.165, 1.54) is 53.7 Å². The lowest BCUT2D eigenvalue weighted by Crippen LogP contribution is -2.40. The summed E-state index contributed by atoms with van der Waals surface area (Å²) in [5, 5.41) is 13.0. The summed E-state index contributed by atoms with van der Waals surface area (Å²) in [5.41, 5.74) is -0.498. The fourth-order valence-corrected chi connectivity index (χ4v) is 4.83. The lowest BCUT2D eigenvalue weighted by molar-refractivity contribution is 0.0892. The molecule has 146 valence electrons. The van der Waals surface area contributed by atoms with Gasteiger partial charge >= 0.3 is 5.76 Å². The van der Waals surface area contributed by atoms with Crippen molar-refractivity contribution in [3.8, 4) is 0 Å². The zero-order chi connectivity index (χ0) is 19.9. The van der Waals surface area contributed by atoms with Gasteiger partial charge in [0.2, 0.25) is 10.0 Å². The number of thiophene rings is 1. The van der Waals surface area contributed by atoms with Crippen molar-refractivity contribution in [2.45, 2.75) is 10.5 Å². The van der Waals surface area contributed by atoms with Crippen molar-refractivity contribution in [1.29, 1.82) is 0 Å². The van der Waals surface area contributed by atoms with Crippen molar-refractivity contribution in [3.63, 3.8) is 0 Å². The SMILES string of the molecule is Cn1c(=O)oc2ccc(S(=O)(=O)NC[C@@](O)(c3ccoc3)c3cccs3)cc21. The highest BCUT2D eigenvalue weighted by molar-refractivity contribution is 7.89. The Kier molecular flexibility index (Phi) is 4.50. The van der Waals surface area contributed by atoms with Gasteiger partial charge in [0.15, 0.2) is 5.58 Å². The van der Waals surface area contributed by atoms with Crippen molar-refractivity contribution in [3.05, 3.63) is 75.3 Å². The number of nitrogens with one attached hydrogen (secondary N) is 1. The summed E-state index contributed by atoms with van der Waals surface area (Å²) < 4.78 is 39.4. The molecule has 8 nitrogen and oxygen atoms in total. The van der Waals surface area contributed by atoms with Crippen LogP contribution in [0.4, 0.5) is 0 Å². The van der Waals surface area contributed by atoms with Crippen LogP contribution in [0.2, 0.25) is 0 Å². The van der Waals surface area contributed by atoms with Crippen molar-refractivity contribution < 1.29 is 22.4 Å². The first-order chi connectivity index (χ1) is 13.3. The van der Waals surface area contributed by atoms with E-state index in [0.29, 0.717) is 21.5 Å². The van der Waals surface area contributed by atoms with Gasteiger partial charge in [0.25, 0.3) is 0 Å². The Morgan fingerprint density at radius 3 is 2.79 bits per heavy atom. The van der Waals surface area contributed by atoms with Gasteiger partial charge in [-0.3, -0.25) is 4.57 Å². The van der Waals surface area contributed by atoms with E-state index in [4.69, 9.17) is 8.83 Å². The topological polar surface area (TPSA) is 115 Å². The Hall–Kier alpha value is -2.66. The van der Waals surface area contributed by atoms with Gasteiger partial charge in [0.1, 0.15) is 5.60 Å². The van der Waals surface area contributed by atoms with Crippen LogP contribution in [0.25, 0.3) is 11.1 Å². The van der Waals surface area contributed by atoms with E-state index in [2.05, 4.69) is 4.72 Å². The van der Waals surface area contributed by atoms with E-state index in [1.54, 1.807) is 23.6 Å². The van der Waals surface area contributed by atoms with Crippen LogP contribution in [-0.2, 0) is 22.7 Å². The average Bonchev–Trinajstić information content (AvgIpc) is 3.43. The van der Waals surface area contributed by atoms with Crippen molar-refractivity contribution in [1.82, 2.24) is 9.29 Å². The minimum absolute atomic E-state index is 0.0443. The number of oxazole rings is 1. The Bertz CT molecular complexity index is 1230. The van der Waals surface area contributed by atoms with Crippen LogP contribution in [0.5, 0.6) is 0 Å². The van der Waals surface area contributed by atoms with Crippen LogP contribution in [0, 0.1) is 0 Å². The minimum atomic E-state index is -3.97. The summed E-state index contributed by atoms with van der Waals surface area (Å²) in [6, 6.07) is 9.20. The van der Waals surface area contributed by atoms with Gasteiger partial charge in [0.05, 0.1) is 22.9 Å². The Balaban J connectivity index is 1.67. The van der Waals surface area contributed by atoms with Gasteiger partial charge in [-0.25, -0.2) is 17.9 Å². The average molecular weight is 420 g/mol. The van der Waals surface area contributed by atoms with Gasteiger partial charge in [-0.1, -0.05) is 6.07 Å². The number of nitrogens with zero attached hydrogens (tertiary/aromatic N) is 1. The summed E-state index contributed by atoms with van der Waals surface area (Å²) in [5.74, 6) is -0.579. The number of rotatable bonds is 6. The minimum Gasteiger partial charge on any atom is -0.472 e. The van der Waals surface area contributed by atoms with Gasteiger partial charge in [-0.2, -0.15) is 0 Å². The van der Waals surface area contributed by atoms with Crippen molar-refractivity contribution >= 4 is 32.5 Å². The largest absolute Gasteiger partial charge is 0.472 e. The highest BCUT2D eigenvalue weighted by Crippen LogP contribution is 2.33. The third kappa shape index (κ3) is 3.10. The fourth-order valence-electron chi connectivity index (χ4n) is 2.90. The highest BCUT2D eigenvalue weighted by atomic mass is 32.2. The number of aliphatic hydroxyl groups is 1. The second-order valence-electron chi connectivity index (χ2n) is 6.23. The third-order valence-electron chi connectivity index (χ3n) is 4.52. The molecule has 0 spiro atoms. The van der Waals surface area contributed by atoms with E-state index in [-0.39, 0.29) is 11.4 Å². The molecule has 0 aliphatic rings. The number of hydrogen-bond acceptors (Lipinski definition) is 7. The van der Waals surface area contributed by atoms with E-state index in [9.17, 15) is 18.3 Å². The molecule has 1 atom stereocenters. The second-order valence-corrected chi connectivity index (χ2v) is 8.95. The maximum absolute atomic E-state index is 12.8. The molecule has 0 saturated carbocycles. The van der Waals surface area contributed by atoms with E-state index in [1.807, 2.05) is 0 Å². The monoisotopic (exact) mass is 420 g/mol. The molecular formula is C18H16N2O6S2. The van der Waals surface area contributed by atoms with Crippen LogP contribution in [0.3, 0.4) is 0 Å². The van der Waals surface area contributed by atoms with Gasteiger partial charge in [0, 0.05) is 24.0 Å². The lowest BCUT2D eigenvalue weighted by Gasteiger charge is -2.26. The number of benzene rings is 1. The smallest absolute Gasteiger partial charge is 0.419 e. The summed E-state index contributed by atoms with van der Waals surface area (Å²) in [4.78, 5) is 12.1. The maximum atomic E-state index is 12.8. The first-order valence-corrected chi connectivity index (χ1v) is 10.6. The Morgan fingerprint density at radius 1 is 1.29 bits per heavy atom.